The third kappa shape index (κ3) is 3.77. The number of ether oxygens (including phenoxy) is 1. The summed E-state index contributed by atoms with van der Waals surface area (Å²) in [5.74, 6) is -0.438. The maximum Gasteiger partial charge on any atom is 0.428 e. The Morgan fingerprint density at radius 2 is 1.87 bits per heavy atom. The van der Waals surface area contributed by atoms with E-state index in [1.165, 1.54) is 26.4 Å². The number of carbonyl (C=O) groups excluding carboxylic acids is 2. The van der Waals surface area contributed by atoms with E-state index in [0.717, 1.165) is 12.8 Å². The van der Waals surface area contributed by atoms with Gasteiger partial charge in [-0.25, -0.2) is 14.8 Å². The van der Waals surface area contributed by atoms with Gasteiger partial charge >= 0.3 is 11.7 Å². The van der Waals surface area contributed by atoms with Crippen molar-refractivity contribution in [1.29, 1.82) is 0 Å². The molecule has 0 N–H and O–H groups in total. The SMILES string of the molecule is COC(=O)C(=[N+]=[N-])[C@]1(O[Si](C)(C)C(C)(C)C)C[C@@H](C2CCCCC2)N2CCC(=O)N21. The Morgan fingerprint density at radius 3 is 2.40 bits per heavy atom. The van der Waals surface area contributed by atoms with Crippen LogP contribution in [-0.2, 0) is 18.8 Å². The first-order valence-electron chi connectivity index (χ1n) is 11.1. The molecule has 0 aromatic carbocycles. The summed E-state index contributed by atoms with van der Waals surface area (Å²) in [5, 5.41) is 3.52. The van der Waals surface area contributed by atoms with Gasteiger partial charge in [0.1, 0.15) is 0 Å². The number of amides is 1. The smallest absolute Gasteiger partial charge is 0.428 e. The van der Waals surface area contributed by atoms with Crippen LogP contribution < -0.4 is 0 Å². The average Bonchev–Trinajstić information content (AvgIpc) is 3.21. The molecule has 9 heteroatoms. The number of fused-ring (bicyclic) bond motifs is 1. The van der Waals surface area contributed by atoms with Gasteiger partial charge in [0.05, 0.1) is 7.11 Å². The highest BCUT2D eigenvalue weighted by Crippen LogP contribution is 2.49. The van der Waals surface area contributed by atoms with E-state index in [-0.39, 0.29) is 22.7 Å². The van der Waals surface area contributed by atoms with Crippen LogP contribution in [0, 0.1) is 5.92 Å². The van der Waals surface area contributed by atoms with E-state index in [9.17, 15) is 15.1 Å². The molecule has 0 bridgehead atoms. The summed E-state index contributed by atoms with van der Waals surface area (Å²) in [4.78, 5) is 29.2. The number of methoxy groups -OCH3 is 1. The lowest BCUT2D eigenvalue weighted by molar-refractivity contribution is -0.166. The van der Waals surface area contributed by atoms with Crippen LogP contribution in [0.4, 0.5) is 0 Å². The molecule has 1 saturated carbocycles. The van der Waals surface area contributed by atoms with Crippen LogP contribution in [-0.4, -0.2) is 66.1 Å². The van der Waals surface area contributed by atoms with E-state index >= 15 is 0 Å². The van der Waals surface area contributed by atoms with E-state index in [4.69, 9.17) is 9.16 Å². The summed E-state index contributed by atoms with van der Waals surface area (Å²) in [6.45, 7) is 11.1. The van der Waals surface area contributed by atoms with E-state index in [1.54, 1.807) is 5.01 Å². The monoisotopic (exact) mass is 436 g/mol. The van der Waals surface area contributed by atoms with Crippen molar-refractivity contribution in [3.63, 3.8) is 0 Å². The first-order valence-corrected chi connectivity index (χ1v) is 14.0. The van der Waals surface area contributed by atoms with Crippen molar-refractivity contribution < 1.29 is 23.5 Å². The lowest BCUT2D eigenvalue weighted by Gasteiger charge is -2.44. The Balaban J connectivity index is 2.13. The summed E-state index contributed by atoms with van der Waals surface area (Å²) in [6.07, 6.45) is 6.58. The molecule has 1 amide bonds. The van der Waals surface area contributed by atoms with Crippen molar-refractivity contribution in [1.82, 2.24) is 10.0 Å². The van der Waals surface area contributed by atoms with Crippen LogP contribution in [0.2, 0.25) is 18.1 Å². The Morgan fingerprint density at radius 1 is 1.23 bits per heavy atom. The van der Waals surface area contributed by atoms with Gasteiger partial charge in [-0.15, -0.1) is 0 Å². The fourth-order valence-corrected chi connectivity index (χ4v) is 6.38. The quantitative estimate of drug-likeness (QED) is 0.216. The number of carbonyl (C=O) groups is 2. The lowest BCUT2D eigenvalue weighted by atomic mass is 9.81. The van der Waals surface area contributed by atoms with Crippen LogP contribution in [0.15, 0.2) is 0 Å². The van der Waals surface area contributed by atoms with Crippen molar-refractivity contribution in [2.75, 3.05) is 13.7 Å². The zero-order chi connectivity index (χ0) is 22.3. The van der Waals surface area contributed by atoms with Gasteiger partial charge in [-0.1, -0.05) is 40.0 Å². The maximum atomic E-state index is 13.1. The minimum Gasteiger partial charge on any atom is -0.460 e. The second kappa shape index (κ2) is 8.18. The molecule has 0 aromatic rings. The maximum absolute atomic E-state index is 13.1. The fraction of sp³-hybridized carbons (Fsp3) is 0.857. The van der Waals surface area contributed by atoms with Crippen molar-refractivity contribution >= 4 is 25.9 Å². The van der Waals surface area contributed by atoms with Crippen LogP contribution in [0.3, 0.4) is 0 Å². The molecule has 0 unspecified atom stereocenters. The van der Waals surface area contributed by atoms with E-state index < -0.39 is 20.0 Å². The fourth-order valence-electron chi connectivity index (χ4n) is 4.97. The second-order valence-electron chi connectivity index (χ2n) is 10.4. The van der Waals surface area contributed by atoms with Gasteiger partial charge in [0.15, 0.2) is 8.32 Å². The molecule has 3 fully saturated rings. The van der Waals surface area contributed by atoms with Crippen molar-refractivity contribution in [3.8, 4) is 0 Å². The average molecular weight is 437 g/mol. The van der Waals surface area contributed by atoms with Gasteiger partial charge in [-0.3, -0.25) is 4.79 Å². The molecule has 3 rings (SSSR count). The molecule has 0 aromatic heterocycles. The van der Waals surface area contributed by atoms with Gasteiger partial charge in [0, 0.05) is 25.4 Å². The topological polar surface area (TPSA) is 95.5 Å². The standard InChI is InChI=1S/C21H36N4O4Si/c1-20(2,3)30(5,6)29-21(18(23-22)19(27)28-4)14-16(15-10-8-7-9-11-15)24-13-12-17(26)25(21)24/h15-16H,7-14H2,1-6H3/t16-,21+/m0/s1. The molecule has 1 aliphatic carbocycles. The largest absolute Gasteiger partial charge is 0.460 e. The normalized spacial score (nSPS) is 28.4. The predicted molar refractivity (Wildman–Crippen MR) is 115 cm³/mol. The van der Waals surface area contributed by atoms with E-state index in [0.29, 0.717) is 25.3 Å². The van der Waals surface area contributed by atoms with Crippen molar-refractivity contribution in [2.45, 2.75) is 95.6 Å². The third-order valence-corrected chi connectivity index (χ3v) is 12.0. The molecule has 0 spiro atoms. The van der Waals surface area contributed by atoms with Crippen LogP contribution in [0.5, 0.6) is 0 Å². The van der Waals surface area contributed by atoms with Crippen molar-refractivity contribution in [2.24, 2.45) is 5.92 Å². The Bertz CT molecular complexity index is 753. The minimum atomic E-state index is -2.47. The summed E-state index contributed by atoms with van der Waals surface area (Å²) in [5.41, 5.74) is 8.26. The van der Waals surface area contributed by atoms with Gasteiger partial charge < -0.3 is 14.7 Å². The first kappa shape index (κ1) is 23.1. The molecule has 30 heavy (non-hydrogen) atoms. The molecular weight excluding hydrogens is 400 g/mol. The molecule has 2 heterocycles. The summed E-state index contributed by atoms with van der Waals surface area (Å²) >= 11 is 0. The molecule has 2 saturated heterocycles. The van der Waals surface area contributed by atoms with E-state index in [2.05, 4.69) is 43.7 Å². The van der Waals surface area contributed by atoms with Crippen LogP contribution in [0.25, 0.3) is 5.53 Å². The summed E-state index contributed by atoms with van der Waals surface area (Å²) in [6, 6.07) is 0.0722. The Hall–Kier alpha value is -1.54. The summed E-state index contributed by atoms with van der Waals surface area (Å²) in [7, 11) is -1.21. The van der Waals surface area contributed by atoms with Gasteiger partial charge in [0.2, 0.25) is 5.91 Å². The van der Waals surface area contributed by atoms with Crippen molar-refractivity contribution in [3.05, 3.63) is 5.53 Å². The zero-order valence-corrected chi connectivity index (χ0v) is 20.2. The number of esters is 1. The van der Waals surface area contributed by atoms with Gasteiger partial charge in [0.25, 0.3) is 5.72 Å². The molecule has 2 atom stereocenters. The molecule has 3 aliphatic rings. The molecule has 8 nitrogen and oxygen atoms in total. The predicted octanol–water partition coefficient (Wildman–Crippen LogP) is 3.35. The van der Waals surface area contributed by atoms with Crippen LogP contribution >= 0.6 is 0 Å². The molecular formula is C21H36N4O4Si. The lowest BCUT2D eigenvalue weighted by Crippen LogP contribution is -2.63. The highest BCUT2D eigenvalue weighted by atomic mass is 28.4. The first-order chi connectivity index (χ1) is 14.0. The van der Waals surface area contributed by atoms with E-state index in [1.807, 2.05) is 0 Å². The molecule has 0 radical (unpaired) electrons. The summed E-state index contributed by atoms with van der Waals surface area (Å²) < 4.78 is 11.8. The Labute approximate surface area is 180 Å². The highest BCUT2D eigenvalue weighted by molar-refractivity contribution is 6.74. The number of rotatable bonds is 5. The van der Waals surface area contributed by atoms with Gasteiger partial charge in [-0.2, -0.15) is 4.79 Å². The third-order valence-electron chi connectivity index (χ3n) is 7.53. The van der Waals surface area contributed by atoms with Gasteiger partial charge in [-0.05, 0) is 36.9 Å². The highest BCUT2D eigenvalue weighted by Gasteiger charge is 2.68. The number of hydrogen-bond acceptors (Lipinski definition) is 5. The second-order valence-corrected chi connectivity index (χ2v) is 15.1. The zero-order valence-electron chi connectivity index (χ0n) is 19.2. The number of hydrazine groups is 1. The minimum absolute atomic E-state index is 0.0722. The number of hydrogen-bond donors (Lipinski definition) is 0. The Kier molecular flexibility index (Phi) is 6.31. The molecule has 2 aliphatic heterocycles. The number of nitrogens with zero attached hydrogens (tertiary/aromatic N) is 4. The van der Waals surface area contributed by atoms with Crippen LogP contribution in [0.1, 0.15) is 65.7 Å². The molecule has 168 valence electrons.